The molecule has 0 saturated carbocycles. The minimum absolute atomic E-state index is 0.0698. The van der Waals surface area contributed by atoms with Gasteiger partial charge in [0.2, 0.25) is 0 Å². The Balaban J connectivity index is 6.92. The molecule has 0 aliphatic heterocycles. The van der Waals surface area contributed by atoms with Gasteiger partial charge in [0.05, 0.1) is 5.57 Å². The van der Waals surface area contributed by atoms with Crippen molar-refractivity contribution in [1.82, 2.24) is 0 Å². The number of halogens is 17. The molecule has 0 aliphatic carbocycles. The Kier molecular flexibility index (Phi) is 8.40. The second-order valence-corrected chi connectivity index (χ2v) is 7.92. The molecule has 0 bridgehead atoms. The van der Waals surface area contributed by atoms with E-state index in [-0.39, 0.29) is 6.20 Å². The molecule has 0 atom stereocenters. The first kappa shape index (κ1) is 33.8. The molecular weight excluding hydrogens is 589 g/mol. The fourth-order valence-corrected chi connectivity index (χ4v) is 2.70. The standard InChI is InChI=1S/C13H8F17NO4S/c1-2-4(3-31)5(32)35-36(33,34)13(29,30)11(24,25)9(20,21)7(16,17)6(14,15)8(18,19)10(22,23)12(26,27)28/h3H,2,31H2,1H3. The second-order valence-electron chi connectivity index (χ2n) is 6.33. The number of alkyl halides is 17. The number of carbonyl (C=O) groups excluding carboxylic acids is 1. The molecule has 0 aliphatic rings. The third-order valence-corrected chi connectivity index (χ3v) is 5.29. The Hall–Kier alpha value is -2.23. The van der Waals surface area contributed by atoms with Crippen LogP contribution in [0.2, 0.25) is 0 Å². The van der Waals surface area contributed by atoms with Gasteiger partial charge in [-0.1, -0.05) is 6.92 Å². The maximum atomic E-state index is 13.7. The number of carbonyl (C=O) groups is 1. The highest BCUT2D eigenvalue weighted by atomic mass is 32.2. The Labute approximate surface area is 187 Å². The van der Waals surface area contributed by atoms with E-state index in [1.54, 1.807) is 0 Å². The molecule has 0 aromatic rings. The average Bonchev–Trinajstić information content (AvgIpc) is 2.66. The number of nitrogens with two attached hydrogens (primary N) is 1. The van der Waals surface area contributed by atoms with Crippen LogP contribution in [0.4, 0.5) is 74.6 Å². The van der Waals surface area contributed by atoms with Crippen molar-refractivity contribution < 1.29 is 92.0 Å². The lowest BCUT2D eigenvalue weighted by atomic mass is 9.91. The summed E-state index contributed by atoms with van der Waals surface area (Å²) in [5, 5.41) is -7.94. The van der Waals surface area contributed by atoms with Gasteiger partial charge in [0.1, 0.15) is 0 Å². The lowest BCUT2D eigenvalue weighted by Crippen LogP contribution is -2.75. The van der Waals surface area contributed by atoms with Crippen LogP contribution in [0.5, 0.6) is 0 Å². The minimum Gasteiger partial charge on any atom is -0.404 e. The SMILES string of the molecule is CCC(=CN)C(=O)OS(=O)(=O)C(F)(F)C(F)(F)C(F)(F)C(F)(F)C(F)(F)C(F)(F)C(F)(F)C(F)(F)F. The normalized spacial score (nSPS) is 16.2. The van der Waals surface area contributed by atoms with Crippen LogP contribution < -0.4 is 5.73 Å². The van der Waals surface area contributed by atoms with Gasteiger partial charge >= 0.3 is 63.1 Å². The van der Waals surface area contributed by atoms with E-state index in [0.29, 0.717) is 0 Å². The maximum Gasteiger partial charge on any atom is 0.460 e. The van der Waals surface area contributed by atoms with E-state index in [2.05, 4.69) is 9.92 Å². The van der Waals surface area contributed by atoms with E-state index in [9.17, 15) is 87.8 Å². The monoisotopic (exact) mass is 597 g/mol. The van der Waals surface area contributed by atoms with Crippen molar-refractivity contribution in [2.24, 2.45) is 5.73 Å². The zero-order valence-corrected chi connectivity index (χ0v) is 17.1. The van der Waals surface area contributed by atoms with E-state index in [0.717, 1.165) is 6.92 Å². The number of hydrogen-bond donors (Lipinski definition) is 1. The van der Waals surface area contributed by atoms with Crippen LogP contribution in [-0.2, 0) is 19.1 Å². The van der Waals surface area contributed by atoms with Crippen LogP contribution in [0, 0.1) is 0 Å². The smallest absolute Gasteiger partial charge is 0.404 e. The van der Waals surface area contributed by atoms with Crippen LogP contribution >= 0.6 is 0 Å². The Morgan fingerprint density at radius 2 is 0.972 bits per heavy atom. The van der Waals surface area contributed by atoms with Crippen LogP contribution in [0.1, 0.15) is 13.3 Å². The molecule has 2 N–H and O–H groups in total. The van der Waals surface area contributed by atoms with Crippen molar-refractivity contribution in [3.63, 3.8) is 0 Å². The summed E-state index contributed by atoms with van der Waals surface area (Å²) in [6.07, 6.45) is -8.61. The summed E-state index contributed by atoms with van der Waals surface area (Å²) in [5.74, 6) is -55.1. The maximum absolute atomic E-state index is 13.7. The molecule has 0 saturated heterocycles. The fourth-order valence-electron chi connectivity index (χ4n) is 1.84. The van der Waals surface area contributed by atoms with E-state index in [4.69, 9.17) is 0 Å². The van der Waals surface area contributed by atoms with Crippen LogP contribution in [0.25, 0.3) is 0 Å². The molecule has 0 fully saturated rings. The van der Waals surface area contributed by atoms with Gasteiger partial charge in [-0.05, 0) is 6.42 Å². The summed E-state index contributed by atoms with van der Waals surface area (Å²) in [6, 6.07) is 0. The molecule has 0 aromatic heterocycles. The second kappa shape index (κ2) is 8.96. The van der Waals surface area contributed by atoms with E-state index >= 15 is 0 Å². The highest BCUT2D eigenvalue weighted by molar-refractivity contribution is 7.88. The Morgan fingerprint density at radius 1 is 0.667 bits per heavy atom. The molecular formula is C13H8F17NO4S. The lowest BCUT2D eigenvalue weighted by molar-refractivity contribution is -0.458. The van der Waals surface area contributed by atoms with Crippen LogP contribution in [0.3, 0.4) is 0 Å². The largest absolute Gasteiger partial charge is 0.460 e. The summed E-state index contributed by atoms with van der Waals surface area (Å²) in [6.45, 7) is 0.882. The Morgan fingerprint density at radius 3 is 1.25 bits per heavy atom. The van der Waals surface area contributed by atoms with Crippen molar-refractivity contribution in [1.29, 1.82) is 0 Å². The number of rotatable bonds is 10. The first-order valence-electron chi connectivity index (χ1n) is 8.01. The highest BCUT2D eigenvalue weighted by Gasteiger charge is 2.96. The third kappa shape index (κ3) is 4.39. The van der Waals surface area contributed by atoms with Gasteiger partial charge in [-0.2, -0.15) is 83.1 Å². The van der Waals surface area contributed by atoms with Gasteiger partial charge in [-0.15, -0.1) is 0 Å². The summed E-state index contributed by atoms with van der Waals surface area (Å²) >= 11 is 0. The predicted octanol–water partition coefficient (Wildman–Crippen LogP) is 5.08. The highest BCUT2D eigenvalue weighted by Crippen LogP contribution is 2.64. The van der Waals surface area contributed by atoms with Crippen molar-refractivity contribution in [3.05, 3.63) is 11.8 Å². The van der Waals surface area contributed by atoms with Gasteiger partial charge in [-0.3, -0.25) is 0 Å². The summed E-state index contributed by atoms with van der Waals surface area (Å²) in [4.78, 5) is 11.3. The predicted molar refractivity (Wildman–Crippen MR) is 78.3 cm³/mol. The lowest BCUT2D eigenvalue weighted by Gasteiger charge is -2.42. The zero-order valence-electron chi connectivity index (χ0n) is 16.3. The van der Waals surface area contributed by atoms with Gasteiger partial charge in [0.15, 0.2) is 0 Å². The molecule has 0 heterocycles. The first-order valence-corrected chi connectivity index (χ1v) is 9.42. The van der Waals surface area contributed by atoms with Gasteiger partial charge in [0.25, 0.3) is 0 Å². The molecule has 0 radical (unpaired) electrons. The van der Waals surface area contributed by atoms with E-state index in [1.807, 2.05) is 0 Å². The molecule has 5 nitrogen and oxygen atoms in total. The van der Waals surface area contributed by atoms with Crippen LogP contribution in [0.15, 0.2) is 11.8 Å². The molecule has 0 aromatic carbocycles. The molecule has 23 heteroatoms. The molecule has 36 heavy (non-hydrogen) atoms. The molecule has 0 unspecified atom stereocenters. The molecule has 0 spiro atoms. The Bertz CT molecular complexity index is 983. The third-order valence-electron chi connectivity index (χ3n) is 4.04. The van der Waals surface area contributed by atoms with Gasteiger partial charge in [0, 0.05) is 6.20 Å². The minimum atomic E-state index is -8.98. The van der Waals surface area contributed by atoms with E-state index < -0.39 is 75.0 Å². The molecule has 0 amide bonds. The first-order chi connectivity index (χ1) is 15.4. The average molecular weight is 597 g/mol. The number of hydrogen-bond acceptors (Lipinski definition) is 5. The van der Waals surface area contributed by atoms with Crippen molar-refractivity contribution >= 4 is 16.1 Å². The summed E-state index contributed by atoms with van der Waals surface area (Å²) in [7, 11) is -7.96. The fraction of sp³-hybridized carbons (Fsp3) is 0.769. The van der Waals surface area contributed by atoms with E-state index in [1.165, 1.54) is 0 Å². The summed E-state index contributed by atoms with van der Waals surface area (Å²) in [5.41, 5.74) is 3.49. The zero-order chi connectivity index (χ0) is 29.8. The van der Waals surface area contributed by atoms with Gasteiger partial charge < -0.3 is 9.92 Å². The summed E-state index contributed by atoms with van der Waals surface area (Å²) < 4.78 is 248. The van der Waals surface area contributed by atoms with Gasteiger partial charge in [-0.25, -0.2) is 4.79 Å². The van der Waals surface area contributed by atoms with Crippen molar-refractivity contribution in [2.75, 3.05) is 0 Å². The van der Waals surface area contributed by atoms with Crippen molar-refractivity contribution in [3.8, 4) is 0 Å². The van der Waals surface area contributed by atoms with Crippen molar-refractivity contribution in [2.45, 2.75) is 60.3 Å². The molecule has 214 valence electrons. The van der Waals surface area contributed by atoms with Crippen LogP contribution in [-0.4, -0.2) is 61.4 Å². The molecule has 0 rings (SSSR count). The topological polar surface area (TPSA) is 86.5 Å². The quantitative estimate of drug-likeness (QED) is 0.216.